The fourth-order valence-corrected chi connectivity index (χ4v) is 4.22. The summed E-state index contributed by atoms with van der Waals surface area (Å²) in [6.07, 6.45) is 3.84. The maximum absolute atomic E-state index is 13.0. The Bertz CT molecular complexity index is 886. The van der Waals surface area contributed by atoms with Gasteiger partial charge in [-0.1, -0.05) is 0 Å². The third-order valence-electron chi connectivity index (χ3n) is 5.99. The fourth-order valence-electron chi connectivity index (χ4n) is 4.22. The first kappa shape index (κ1) is 23.0. The summed E-state index contributed by atoms with van der Waals surface area (Å²) in [6, 6.07) is 4.62. The Balaban J connectivity index is 1.63. The van der Waals surface area contributed by atoms with Crippen molar-refractivity contribution in [2.75, 3.05) is 46.4 Å². The van der Waals surface area contributed by atoms with Gasteiger partial charge in [-0.05, 0) is 51.3 Å². The summed E-state index contributed by atoms with van der Waals surface area (Å²) >= 11 is 0. The van der Waals surface area contributed by atoms with Crippen LogP contribution in [0.25, 0.3) is 6.08 Å². The molecule has 168 valence electrons. The van der Waals surface area contributed by atoms with E-state index in [4.69, 9.17) is 4.74 Å². The number of methoxy groups -OCH3 is 1. The van der Waals surface area contributed by atoms with Gasteiger partial charge in [0.2, 0.25) is 5.91 Å². The highest BCUT2D eigenvalue weighted by molar-refractivity contribution is 6.01. The minimum absolute atomic E-state index is 0.0537. The van der Waals surface area contributed by atoms with Crippen LogP contribution in [0.15, 0.2) is 11.6 Å². The lowest BCUT2D eigenvalue weighted by atomic mass is 10.1. The molecule has 1 aromatic rings. The van der Waals surface area contributed by atoms with Gasteiger partial charge in [0.15, 0.2) is 0 Å². The highest BCUT2D eigenvalue weighted by atomic mass is 16.5. The van der Waals surface area contributed by atoms with Crippen molar-refractivity contribution in [2.45, 2.75) is 45.7 Å². The van der Waals surface area contributed by atoms with Crippen molar-refractivity contribution >= 4 is 17.9 Å². The minimum Gasteiger partial charge on any atom is -0.383 e. The van der Waals surface area contributed by atoms with Crippen LogP contribution in [-0.2, 0) is 14.3 Å². The summed E-state index contributed by atoms with van der Waals surface area (Å²) in [7, 11) is 1.68. The number of nitrogens with one attached hydrogen (secondary N) is 1. The molecule has 8 nitrogen and oxygen atoms in total. The number of piperazine rings is 1. The molecule has 1 saturated carbocycles. The first-order valence-corrected chi connectivity index (χ1v) is 10.9. The number of aromatic nitrogens is 1. The average Bonchev–Trinajstić information content (AvgIpc) is 3.50. The number of hydrogen-bond acceptors (Lipinski definition) is 5. The molecule has 1 aliphatic carbocycles. The molecule has 1 atom stereocenters. The fraction of sp³-hybridized carbons (Fsp3) is 0.609. The first-order valence-electron chi connectivity index (χ1n) is 10.9. The highest BCUT2D eigenvalue weighted by Gasteiger charge is 2.27. The van der Waals surface area contributed by atoms with Gasteiger partial charge in [0.1, 0.15) is 11.6 Å². The monoisotopic (exact) mass is 427 g/mol. The van der Waals surface area contributed by atoms with Gasteiger partial charge in [0.05, 0.1) is 19.2 Å². The molecule has 8 heteroatoms. The molecule has 1 N–H and O–H groups in total. The Morgan fingerprint density at radius 2 is 1.97 bits per heavy atom. The third-order valence-corrected chi connectivity index (χ3v) is 5.99. The van der Waals surface area contributed by atoms with Crippen LogP contribution in [0.3, 0.4) is 0 Å². The van der Waals surface area contributed by atoms with Crippen molar-refractivity contribution < 1.29 is 14.3 Å². The van der Waals surface area contributed by atoms with Gasteiger partial charge in [-0.2, -0.15) is 5.26 Å². The minimum atomic E-state index is -0.251. The number of nitrogens with zero attached hydrogens (tertiary/aromatic N) is 4. The lowest BCUT2D eigenvalue weighted by Crippen LogP contribution is -2.51. The molecule has 31 heavy (non-hydrogen) atoms. The second kappa shape index (κ2) is 10.1. The maximum Gasteiger partial charge on any atom is 0.264 e. The predicted molar refractivity (Wildman–Crippen MR) is 118 cm³/mol. The summed E-state index contributed by atoms with van der Waals surface area (Å²) < 4.78 is 7.44. The zero-order valence-electron chi connectivity index (χ0n) is 19.0. The Morgan fingerprint density at radius 3 is 2.55 bits per heavy atom. The molecule has 1 unspecified atom stereocenters. The number of aryl methyl sites for hydroxylation is 1. The van der Waals surface area contributed by atoms with E-state index in [0.29, 0.717) is 45.4 Å². The van der Waals surface area contributed by atoms with Crippen molar-refractivity contribution in [2.24, 2.45) is 0 Å². The van der Waals surface area contributed by atoms with Crippen LogP contribution in [0.2, 0.25) is 0 Å². The molecule has 0 bridgehead atoms. The lowest BCUT2D eigenvalue weighted by Gasteiger charge is -2.34. The van der Waals surface area contributed by atoms with Gasteiger partial charge in [-0.3, -0.25) is 14.5 Å². The van der Waals surface area contributed by atoms with E-state index in [-0.39, 0.29) is 23.4 Å². The van der Waals surface area contributed by atoms with E-state index in [9.17, 15) is 14.9 Å². The number of carbonyl (C=O) groups is 2. The number of rotatable bonds is 8. The molecule has 0 spiro atoms. The van der Waals surface area contributed by atoms with Gasteiger partial charge >= 0.3 is 0 Å². The average molecular weight is 428 g/mol. The van der Waals surface area contributed by atoms with E-state index >= 15 is 0 Å². The van der Waals surface area contributed by atoms with Gasteiger partial charge in [0, 0.05) is 50.7 Å². The lowest BCUT2D eigenvalue weighted by molar-refractivity contribution is -0.129. The zero-order valence-corrected chi connectivity index (χ0v) is 19.0. The van der Waals surface area contributed by atoms with Crippen molar-refractivity contribution in [3.05, 3.63) is 28.6 Å². The van der Waals surface area contributed by atoms with Gasteiger partial charge in [0.25, 0.3) is 5.91 Å². The Kier molecular flexibility index (Phi) is 7.52. The van der Waals surface area contributed by atoms with Crippen LogP contribution in [0, 0.1) is 25.2 Å². The Hall–Kier alpha value is -2.63. The normalized spacial score (nSPS) is 18.5. The van der Waals surface area contributed by atoms with E-state index in [1.807, 2.05) is 19.9 Å². The number of nitriles is 1. The molecule has 1 aromatic heterocycles. The molecule has 2 aliphatic rings. The smallest absolute Gasteiger partial charge is 0.264 e. The molecule has 2 fully saturated rings. The molecule has 0 radical (unpaired) electrons. The van der Waals surface area contributed by atoms with Crippen molar-refractivity contribution in [3.63, 3.8) is 0 Å². The largest absolute Gasteiger partial charge is 0.383 e. The predicted octanol–water partition coefficient (Wildman–Crippen LogP) is 1.64. The van der Waals surface area contributed by atoms with Crippen LogP contribution < -0.4 is 5.32 Å². The van der Waals surface area contributed by atoms with E-state index in [1.165, 1.54) is 0 Å². The molecule has 2 heterocycles. The molecule has 1 saturated heterocycles. The highest BCUT2D eigenvalue weighted by Crippen LogP contribution is 2.23. The van der Waals surface area contributed by atoms with E-state index in [1.54, 1.807) is 18.1 Å². The maximum atomic E-state index is 13.0. The molecule has 3 rings (SSSR count). The van der Waals surface area contributed by atoms with E-state index in [2.05, 4.69) is 27.8 Å². The van der Waals surface area contributed by atoms with Crippen LogP contribution in [0.1, 0.15) is 42.8 Å². The van der Waals surface area contributed by atoms with Crippen molar-refractivity contribution in [3.8, 4) is 6.07 Å². The quantitative estimate of drug-likeness (QED) is 0.503. The second-order valence-electron chi connectivity index (χ2n) is 8.58. The van der Waals surface area contributed by atoms with Gasteiger partial charge in [-0.15, -0.1) is 0 Å². The summed E-state index contributed by atoms with van der Waals surface area (Å²) in [5, 5.41) is 12.6. The SMILES string of the molecule is COCC(C)n1c(C)cc(/C=C(/C#N)C(=O)N2CCN(CC(=O)NC3CC3)CC2)c1C. The van der Waals surface area contributed by atoms with Gasteiger partial charge < -0.3 is 19.5 Å². The third kappa shape index (κ3) is 5.75. The summed E-state index contributed by atoms with van der Waals surface area (Å²) in [5.41, 5.74) is 3.09. The molecular formula is C23H33N5O3. The molecule has 1 aliphatic heterocycles. The van der Waals surface area contributed by atoms with E-state index in [0.717, 1.165) is 29.8 Å². The van der Waals surface area contributed by atoms with Crippen molar-refractivity contribution in [1.29, 1.82) is 5.26 Å². The zero-order chi connectivity index (χ0) is 22.5. The molecule has 2 amide bonds. The van der Waals surface area contributed by atoms with Crippen LogP contribution >= 0.6 is 0 Å². The topological polar surface area (TPSA) is 90.6 Å². The summed E-state index contributed by atoms with van der Waals surface area (Å²) in [4.78, 5) is 28.7. The van der Waals surface area contributed by atoms with Crippen LogP contribution in [0.4, 0.5) is 0 Å². The van der Waals surface area contributed by atoms with Gasteiger partial charge in [-0.25, -0.2) is 0 Å². The number of amides is 2. The summed E-state index contributed by atoms with van der Waals surface area (Å²) in [6.45, 7) is 9.34. The Morgan fingerprint density at radius 1 is 1.29 bits per heavy atom. The van der Waals surface area contributed by atoms with Crippen molar-refractivity contribution in [1.82, 2.24) is 19.7 Å². The number of hydrogen-bond donors (Lipinski definition) is 1. The number of ether oxygens (including phenoxy) is 1. The second-order valence-corrected chi connectivity index (χ2v) is 8.58. The molecule has 0 aromatic carbocycles. The first-order chi connectivity index (χ1) is 14.8. The number of carbonyl (C=O) groups excluding carboxylic acids is 2. The Labute approximate surface area is 184 Å². The standard InChI is InChI=1S/C23H33N5O3/c1-16-11-19(18(3)28(16)17(2)15-31-4)12-20(13-24)23(30)27-9-7-26(8-10-27)14-22(29)25-21-5-6-21/h11-12,17,21H,5-10,14-15H2,1-4H3,(H,25,29)/b20-12-. The summed E-state index contributed by atoms with van der Waals surface area (Å²) in [5.74, 6) is -0.197. The molecular weight excluding hydrogens is 394 g/mol. The van der Waals surface area contributed by atoms with Crippen LogP contribution in [-0.4, -0.2) is 78.7 Å². The van der Waals surface area contributed by atoms with Crippen LogP contribution in [0.5, 0.6) is 0 Å². The van der Waals surface area contributed by atoms with E-state index < -0.39 is 0 Å².